The average molecular weight is 242 g/mol. The lowest BCUT2D eigenvalue weighted by Crippen LogP contribution is -2.56. The third-order valence-corrected chi connectivity index (χ3v) is 3.83. The highest BCUT2D eigenvalue weighted by Crippen LogP contribution is 2.24. The Bertz CT molecular complexity index is 266. The van der Waals surface area contributed by atoms with Crippen molar-refractivity contribution in [1.82, 2.24) is 9.80 Å². The quantitative estimate of drug-likeness (QED) is 0.730. The molecule has 2 rings (SSSR count). The van der Waals surface area contributed by atoms with Crippen LogP contribution < -0.4 is 0 Å². The number of hydrogen-bond acceptors (Lipinski definition) is 3. The van der Waals surface area contributed by atoms with E-state index in [4.69, 9.17) is 4.74 Å². The molecule has 2 atom stereocenters. The number of carbonyl (C=O) groups is 1. The molecule has 2 fully saturated rings. The first-order valence-corrected chi connectivity index (χ1v) is 6.48. The summed E-state index contributed by atoms with van der Waals surface area (Å²) in [5, 5.41) is 9.44. The molecule has 0 saturated carbocycles. The second-order valence-electron chi connectivity index (χ2n) is 4.94. The fourth-order valence-electron chi connectivity index (χ4n) is 2.70. The number of ether oxygens (including phenoxy) is 1. The fraction of sp³-hybridized carbons (Fsp3) is 0.917. The Morgan fingerprint density at radius 2 is 2.06 bits per heavy atom. The van der Waals surface area contributed by atoms with Gasteiger partial charge in [0, 0.05) is 19.6 Å². The summed E-state index contributed by atoms with van der Waals surface area (Å²) < 4.78 is 5.25. The standard InChI is InChI=1S/C12H22N2O3/c1-10-3-2-4-14(11(10)9-15)12(16)13-5-7-17-8-6-13/h10-11,15H,2-9H2,1H3. The van der Waals surface area contributed by atoms with Gasteiger partial charge in [-0.1, -0.05) is 6.92 Å². The maximum Gasteiger partial charge on any atom is 0.320 e. The van der Waals surface area contributed by atoms with Gasteiger partial charge in [0.15, 0.2) is 0 Å². The van der Waals surface area contributed by atoms with Crippen molar-refractivity contribution in [2.24, 2.45) is 5.92 Å². The van der Waals surface area contributed by atoms with Gasteiger partial charge in [0.05, 0.1) is 25.9 Å². The molecular weight excluding hydrogens is 220 g/mol. The lowest BCUT2D eigenvalue weighted by molar-refractivity contribution is 0.0207. The average Bonchev–Trinajstić information content (AvgIpc) is 2.38. The Hall–Kier alpha value is -0.810. The zero-order chi connectivity index (χ0) is 12.3. The van der Waals surface area contributed by atoms with Gasteiger partial charge >= 0.3 is 6.03 Å². The molecule has 0 bridgehead atoms. The van der Waals surface area contributed by atoms with E-state index in [9.17, 15) is 9.90 Å². The number of aliphatic hydroxyl groups is 1. The molecule has 0 aromatic carbocycles. The van der Waals surface area contributed by atoms with Crippen LogP contribution in [0.4, 0.5) is 4.79 Å². The molecule has 2 saturated heterocycles. The van der Waals surface area contributed by atoms with Crippen molar-refractivity contribution in [3.8, 4) is 0 Å². The molecule has 98 valence electrons. The van der Waals surface area contributed by atoms with Crippen LogP contribution in [-0.4, -0.2) is 66.4 Å². The first kappa shape index (κ1) is 12.6. The molecule has 2 unspecified atom stereocenters. The molecule has 0 aliphatic carbocycles. The molecule has 0 radical (unpaired) electrons. The molecule has 0 aromatic rings. The van der Waals surface area contributed by atoms with Crippen LogP contribution in [0.25, 0.3) is 0 Å². The fourth-order valence-corrected chi connectivity index (χ4v) is 2.70. The molecule has 5 heteroatoms. The van der Waals surface area contributed by atoms with Crippen LogP contribution in [0, 0.1) is 5.92 Å². The van der Waals surface area contributed by atoms with E-state index in [2.05, 4.69) is 6.92 Å². The maximum atomic E-state index is 12.4. The van der Waals surface area contributed by atoms with Gasteiger partial charge in [-0.25, -0.2) is 4.79 Å². The number of nitrogens with zero attached hydrogens (tertiary/aromatic N) is 2. The molecule has 17 heavy (non-hydrogen) atoms. The highest BCUT2D eigenvalue weighted by atomic mass is 16.5. The number of hydrogen-bond donors (Lipinski definition) is 1. The summed E-state index contributed by atoms with van der Waals surface area (Å²) in [5.74, 6) is 0.388. The summed E-state index contributed by atoms with van der Waals surface area (Å²) in [4.78, 5) is 16.0. The number of piperidine rings is 1. The van der Waals surface area contributed by atoms with Crippen molar-refractivity contribution in [3.63, 3.8) is 0 Å². The summed E-state index contributed by atoms with van der Waals surface area (Å²) in [7, 11) is 0. The van der Waals surface area contributed by atoms with E-state index in [1.165, 1.54) is 0 Å². The minimum atomic E-state index is -0.0147. The van der Waals surface area contributed by atoms with E-state index in [0.29, 0.717) is 32.2 Å². The second kappa shape index (κ2) is 5.69. The number of urea groups is 1. The van der Waals surface area contributed by atoms with Gasteiger partial charge in [-0.2, -0.15) is 0 Å². The van der Waals surface area contributed by atoms with Gasteiger partial charge in [-0.05, 0) is 18.8 Å². The lowest BCUT2D eigenvalue weighted by Gasteiger charge is -2.42. The first-order valence-electron chi connectivity index (χ1n) is 6.48. The summed E-state index contributed by atoms with van der Waals surface area (Å²) in [6.07, 6.45) is 2.13. The first-order chi connectivity index (χ1) is 8.24. The molecule has 1 N–H and O–H groups in total. The topological polar surface area (TPSA) is 53.0 Å². The highest BCUT2D eigenvalue weighted by Gasteiger charge is 2.33. The summed E-state index contributed by atoms with van der Waals surface area (Å²) in [6.45, 7) is 5.53. The minimum Gasteiger partial charge on any atom is -0.394 e. The molecule has 2 amide bonds. The number of amides is 2. The number of rotatable bonds is 1. The maximum absolute atomic E-state index is 12.4. The third kappa shape index (κ3) is 2.72. The molecular formula is C12H22N2O3. The van der Waals surface area contributed by atoms with Crippen molar-refractivity contribution < 1.29 is 14.6 Å². The normalized spacial score (nSPS) is 30.5. The monoisotopic (exact) mass is 242 g/mol. The van der Waals surface area contributed by atoms with Gasteiger partial charge < -0.3 is 19.6 Å². The van der Waals surface area contributed by atoms with Crippen LogP contribution in [0.3, 0.4) is 0 Å². The van der Waals surface area contributed by atoms with Gasteiger partial charge in [-0.3, -0.25) is 0 Å². The van der Waals surface area contributed by atoms with Gasteiger partial charge in [0.25, 0.3) is 0 Å². The second-order valence-corrected chi connectivity index (χ2v) is 4.94. The van der Waals surface area contributed by atoms with Gasteiger partial charge in [0.1, 0.15) is 0 Å². The Morgan fingerprint density at radius 1 is 1.35 bits per heavy atom. The summed E-state index contributed by atoms with van der Waals surface area (Å²) >= 11 is 0. The summed E-state index contributed by atoms with van der Waals surface area (Å²) in [5.41, 5.74) is 0. The van der Waals surface area contributed by atoms with Crippen molar-refractivity contribution in [3.05, 3.63) is 0 Å². The van der Waals surface area contributed by atoms with Gasteiger partial charge in [-0.15, -0.1) is 0 Å². The number of morpholine rings is 1. The Morgan fingerprint density at radius 3 is 2.71 bits per heavy atom. The Kier molecular flexibility index (Phi) is 4.23. The third-order valence-electron chi connectivity index (χ3n) is 3.83. The largest absolute Gasteiger partial charge is 0.394 e. The van der Waals surface area contributed by atoms with E-state index in [1.807, 2.05) is 9.80 Å². The van der Waals surface area contributed by atoms with Crippen LogP contribution >= 0.6 is 0 Å². The van der Waals surface area contributed by atoms with Crippen molar-refractivity contribution >= 4 is 6.03 Å². The zero-order valence-electron chi connectivity index (χ0n) is 10.5. The van der Waals surface area contributed by atoms with Crippen molar-refractivity contribution in [2.75, 3.05) is 39.5 Å². The molecule has 2 aliphatic rings. The van der Waals surface area contributed by atoms with E-state index >= 15 is 0 Å². The lowest BCUT2D eigenvalue weighted by atomic mass is 9.91. The predicted octanol–water partition coefficient (Wildman–Crippen LogP) is 0.531. The van der Waals surface area contributed by atoms with Crippen LogP contribution in [0.2, 0.25) is 0 Å². The minimum absolute atomic E-state index is 0.0147. The molecule has 0 aromatic heterocycles. The molecule has 2 aliphatic heterocycles. The van der Waals surface area contributed by atoms with Crippen LogP contribution in [0.5, 0.6) is 0 Å². The van der Waals surface area contributed by atoms with Crippen LogP contribution in [-0.2, 0) is 4.74 Å². The van der Waals surface area contributed by atoms with E-state index in [1.54, 1.807) is 0 Å². The van der Waals surface area contributed by atoms with Crippen molar-refractivity contribution in [1.29, 1.82) is 0 Å². The van der Waals surface area contributed by atoms with E-state index in [0.717, 1.165) is 19.4 Å². The Labute approximate surface area is 102 Å². The van der Waals surface area contributed by atoms with Gasteiger partial charge in [0.2, 0.25) is 0 Å². The number of likely N-dealkylation sites (tertiary alicyclic amines) is 1. The SMILES string of the molecule is CC1CCCN(C(=O)N2CCOCC2)C1CO. The highest BCUT2D eigenvalue weighted by molar-refractivity contribution is 5.75. The number of aliphatic hydroxyl groups excluding tert-OH is 1. The number of carbonyl (C=O) groups excluding carboxylic acids is 1. The van der Waals surface area contributed by atoms with E-state index in [-0.39, 0.29) is 18.7 Å². The van der Waals surface area contributed by atoms with Crippen LogP contribution in [0.1, 0.15) is 19.8 Å². The molecule has 2 heterocycles. The van der Waals surface area contributed by atoms with Crippen molar-refractivity contribution in [2.45, 2.75) is 25.8 Å². The molecule has 5 nitrogen and oxygen atoms in total. The predicted molar refractivity (Wildman–Crippen MR) is 63.8 cm³/mol. The smallest absolute Gasteiger partial charge is 0.320 e. The summed E-state index contributed by atoms with van der Waals surface area (Å²) in [6, 6.07) is 0.0537. The molecule has 0 spiro atoms. The van der Waals surface area contributed by atoms with E-state index < -0.39 is 0 Å². The van der Waals surface area contributed by atoms with Crippen LogP contribution in [0.15, 0.2) is 0 Å². The Balaban J connectivity index is 2.00. The zero-order valence-corrected chi connectivity index (χ0v) is 10.5.